The number of fused-ring (bicyclic) bond motifs is 2. The van der Waals surface area contributed by atoms with Gasteiger partial charge in [-0.3, -0.25) is 0 Å². The first-order valence-electron chi connectivity index (χ1n) is 11.4. The van der Waals surface area contributed by atoms with Crippen molar-refractivity contribution in [3.8, 4) is 0 Å². The van der Waals surface area contributed by atoms with E-state index in [0.29, 0.717) is 21.6 Å². The summed E-state index contributed by atoms with van der Waals surface area (Å²) in [5.74, 6) is 0.721. The van der Waals surface area contributed by atoms with Gasteiger partial charge in [0.15, 0.2) is 5.15 Å². The van der Waals surface area contributed by atoms with Gasteiger partial charge in [-0.2, -0.15) is 5.10 Å². The van der Waals surface area contributed by atoms with Crippen molar-refractivity contribution in [1.82, 2.24) is 9.78 Å². The highest BCUT2D eigenvalue weighted by Gasteiger charge is 2.50. The van der Waals surface area contributed by atoms with Gasteiger partial charge in [-0.15, -0.1) is 0 Å². The topological polar surface area (TPSA) is 98.3 Å². The van der Waals surface area contributed by atoms with Crippen LogP contribution in [0.15, 0.2) is 28.3 Å². The van der Waals surface area contributed by atoms with Crippen molar-refractivity contribution in [2.75, 3.05) is 23.3 Å². The van der Waals surface area contributed by atoms with Gasteiger partial charge in [-0.1, -0.05) is 23.2 Å². The third kappa shape index (κ3) is 4.96. The molecule has 184 valence electrons. The minimum Gasteiger partial charge on any atom is -0.389 e. The summed E-state index contributed by atoms with van der Waals surface area (Å²) in [7, 11) is 0. The Morgan fingerprint density at radius 2 is 1.94 bits per heavy atom. The summed E-state index contributed by atoms with van der Waals surface area (Å²) >= 11 is 13.1. The second-order valence-corrected chi connectivity index (χ2v) is 11.0. The van der Waals surface area contributed by atoms with Crippen LogP contribution >= 0.6 is 23.2 Å². The fourth-order valence-electron chi connectivity index (χ4n) is 4.96. The predicted molar refractivity (Wildman–Crippen MR) is 139 cm³/mol. The summed E-state index contributed by atoms with van der Waals surface area (Å²) in [4.78, 5) is 11.0. The average molecular weight is 507 g/mol. The highest BCUT2D eigenvalue weighted by Crippen LogP contribution is 2.47. The number of hydrogen-bond acceptors (Lipinski definition) is 5. The fraction of sp³-hybridized carbons (Fsp3) is 0.542. The number of anilines is 2. The van der Waals surface area contributed by atoms with E-state index >= 15 is 0 Å². The van der Waals surface area contributed by atoms with Crippen LogP contribution in [0.2, 0.25) is 10.2 Å². The predicted octanol–water partition coefficient (Wildman–Crippen LogP) is 4.67. The van der Waals surface area contributed by atoms with Gasteiger partial charge in [0.1, 0.15) is 0 Å². The molecule has 1 aliphatic carbocycles. The molecule has 1 unspecified atom stereocenters. The molecule has 3 atom stereocenters. The van der Waals surface area contributed by atoms with E-state index in [1.165, 1.54) is 4.68 Å². The smallest absolute Gasteiger partial charge is 0.227 e. The first kappa shape index (κ1) is 25.0. The van der Waals surface area contributed by atoms with Gasteiger partial charge in [-0.05, 0) is 65.0 Å². The summed E-state index contributed by atoms with van der Waals surface area (Å²) in [6.45, 7) is 12.7. The monoisotopic (exact) mass is 506 g/mol. The fourth-order valence-corrected chi connectivity index (χ4v) is 5.49. The molecule has 1 saturated heterocycles. The van der Waals surface area contributed by atoms with E-state index in [0.717, 1.165) is 37.2 Å². The number of nitrogens with zero attached hydrogens (tertiary/aromatic N) is 5. The number of piperidine rings is 1. The Hall–Kier alpha value is -2.13. The van der Waals surface area contributed by atoms with Crippen molar-refractivity contribution in [1.29, 1.82) is 0 Å². The molecular formula is C24H32Cl2N6O2. The normalized spacial score (nSPS) is 25.1. The molecule has 10 heteroatoms. The SMILES string of the molecule is C=NC(=Nc1cc(N2C[C@H]3CC[C@@H](C2)C3(C)O)c(Cl)cc1C)Nc1cnn(CC(C)(C)O)c1Cl. The molecular weight excluding hydrogens is 475 g/mol. The lowest BCUT2D eigenvalue weighted by molar-refractivity contribution is -0.0271. The van der Waals surface area contributed by atoms with Crippen LogP contribution < -0.4 is 10.2 Å². The molecule has 1 aromatic heterocycles. The molecule has 0 amide bonds. The lowest BCUT2D eigenvalue weighted by atomic mass is 9.82. The molecule has 8 nitrogen and oxygen atoms in total. The molecule has 2 bridgehead atoms. The van der Waals surface area contributed by atoms with Crippen LogP contribution in [0.4, 0.5) is 17.1 Å². The minimum absolute atomic E-state index is 0.227. The van der Waals surface area contributed by atoms with E-state index in [-0.39, 0.29) is 24.3 Å². The van der Waals surface area contributed by atoms with E-state index in [1.54, 1.807) is 20.0 Å². The van der Waals surface area contributed by atoms with E-state index < -0.39 is 11.2 Å². The number of halogens is 2. The van der Waals surface area contributed by atoms with E-state index in [2.05, 4.69) is 32.0 Å². The standard InChI is InChI=1S/C24H32Cl2N6O2/c1-14-8-17(25)20(31-11-15-6-7-16(12-31)24(15,4)34)9-18(14)29-22(27-5)30-19-10-28-32(21(19)26)13-23(2,3)33/h8-10,15-16,33-34H,5-7,11-13H2,1-4H3,(H,29,30)/t15-,16+,24?. The Labute approximate surface area is 210 Å². The van der Waals surface area contributed by atoms with Gasteiger partial charge in [0, 0.05) is 24.9 Å². The van der Waals surface area contributed by atoms with Crippen LogP contribution in [0.5, 0.6) is 0 Å². The summed E-state index contributed by atoms with van der Waals surface area (Å²) < 4.78 is 1.51. The highest BCUT2D eigenvalue weighted by atomic mass is 35.5. The van der Waals surface area contributed by atoms with Gasteiger partial charge >= 0.3 is 0 Å². The first-order valence-corrected chi connectivity index (χ1v) is 12.2. The van der Waals surface area contributed by atoms with Crippen molar-refractivity contribution in [2.24, 2.45) is 21.8 Å². The Morgan fingerprint density at radius 1 is 1.29 bits per heavy atom. The third-order valence-corrected chi connectivity index (χ3v) is 7.64. The molecule has 1 aliphatic heterocycles. The average Bonchev–Trinajstić information content (AvgIpc) is 3.09. The van der Waals surface area contributed by atoms with E-state index in [9.17, 15) is 10.2 Å². The van der Waals surface area contributed by atoms with Gasteiger partial charge in [0.05, 0.1) is 46.0 Å². The van der Waals surface area contributed by atoms with Crippen LogP contribution in [-0.2, 0) is 6.54 Å². The number of aliphatic imine (C=N–C) groups is 2. The summed E-state index contributed by atoms with van der Waals surface area (Å²) in [6.07, 6.45) is 3.61. The number of aliphatic hydroxyl groups is 2. The Balaban J connectivity index is 1.59. The Morgan fingerprint density at radius 3 is 2.53 bits per heavy atom. The molecule has 0 radical (unpaired) electrons. The zero-order chi connectivity index (χ0) is 24.8. The van der Waals surface area contributed by atoms with E-state index in [4.69, 9.17) is 23.2 Å². The van der Waals surface area contributed by atoms with E-state index in [1.807, 2.05) is 26.0 Å². The molecule has 34 heavy (non-hydrogen) atoms. The number of benzene rings is 1. The Kier molecular flexibility index (Phi) is 6.72. The minimum atomic E-state index is -0.960. The van der Waals surface area contributed by atoms with Crippen molar-refractivity contribution >= 4 is 52.9 Å². The zero-order valence-corrected chi connectivity index (χ0v) is 21.5. The summed E-state index contributed by atoms with van der Waals surface area (Å²) in [5, 5.41) is 29.2. The van der Waals surface area contributed by atoms with Crippen LogP contribution in [0, 0.1) is 18.8 Å². The quantitative estimate of drug-likeness (QED) is 0.404. The highest BCUT2D eigenvalue weighted by molar-refractivity contribution is 6.33. The molecule has 1 saturated carbocycles. The number of rotatable bonds is 5. The first-order chi connectivity index (χ1) is 15.9. The second-order valence-electron chi connectivity index (χ2n) is 10.2. The van der Waals surface area contributed by atoms with Crippen molar-refractivity contribution in [2.45, 2.75) is 58.3 Å². The Bertz CT molecular complexity index is 1110. The maximum Gasteiger partial charge on any atom is 0.227 e. The van der Waals surface area contributed by atoms with Crippen LogP contribution in [0.3, 0.4) is 0 Å². The molecule has 2 aromatic rings. The molecule has 2 heterocycles. The second kappa shape index (κ2) is 9.15. The zero-order valence-electron chi connectivity index (χ0n) is 20.0. The molecule has 0 spiro atoms. The number of hydrogen-bond donors (Lipinski definition) is 3. The summed E-state index contributed by atoms with van der Waals surface area (Å²) in [6, 6.07) is 3.86. The van der Waals surface area contributed by atoms with Crippen molar-refractivity contribution in [3.05, 3.63) is 34.1 Å². The van der Waals surface area contributed by atoms with Gasteiger partial charge in [-0.25, -0.2) is 14.7 Å². The largest absolute Gasteiger partial charge is 0.389 e. The molecule has 4 rings (SSSR count). The number of aryl methyl sites for hydroxylation is 1. The van der Waals surface area contributed by atoms with Gasteiger partial charge in [0.25, 0.3) is 0 Å². The summed E-state index contributed by atoms with van der Waals surface area (Å²) in [5.41, 5.74) is 1.44. The third-order valence-electron chi connectivity index (χ3n) is 6.94. The van der Waals surface area contributed by atoms with Crippen LogP contribution in [0.25, 0.3) is 0 Å². The lowest BCUT2D eigenvalue weighted by Crippen LogP contribution is -2.52. The molecule has 2 fully saturated rings. The van der Waals surface area contributed by atoms with Crippen LogP contribution in [0.1, 0.15) is 39.2 Å². The molecule has 1 aromatic carbocycles. The molecule has 2 aliphatic rings. The molecule has 3 N–H and O–H groups in total. The number of nitrogens with one attached hydrogen (secondary N) is 1. The number of guanidine groups is 1. The van der Waals surface area contributed by atoms with Gasteiger partial charge < -0.3 is 20.4 Å². The number of aromatic nitrogens is 2. The van der Waals surface area contributed by atoms with Crippen molar-refractivity contribution < 1.29 is 10.2 Å². The maximum atomic E-state index is 10.8. The van der Waals surface area contributed by atoms with Crippen LogP contribution in [-0.4, -0.2) is 57.0 Å². The maximum absolute atomic E-state index is 10.8. The van der Waals surface area contributed by atoms with Crippen molar-refractivity contribution in [3.63, 3.8) is 0 Å². The lowest BCUT2D eigenvalue weighted by Gasteiger charge is -2.43. The van der Waals surface area contributed by atoms with Gasteiger partial charge in [0.2, 0.25) is 5.96 Å².